The summed E-state index contributed by atoms with van der Waals surface area (Å²) >= 11 is 0. The molecule has 0 aliphatic heterocycles. The topological polar surface area (TPSA) is 96.4 Å². The zero-order valence-electron chi connectivity index (χ0n) is 15.2. The van der Waals surface area contributed by atoms with Crippen molar-refractivity contribution in [3.05, 3.63) is 42.1 Å². The Kier molecular flexibility index (Phi) is 7.82. The van der Waals surface area contributed by atoms with E-state index in [9.17, 15) is 9.90 Å². The van der Waals surface area contributed by atoms with Gasteiger partial charge < -0.3 is 15.2 Å². The van der Waals surface area contributed by atoms with E-state index in [0.29, 0.717) is 18.2 Å². The highest BCUT2D eigenvalue weighted by molar-refractivity contribution is 5.86. The molecule has 26 heavy (non-hydrogen) atoms. The first-order chi connectivity index (χ1) is 12.6. The molecule has 140 valence electrons. The fourth-order valence-electron chi connectivity index (χ4n) is 2.39. The van der Waals surface area contributed by atoms with Crippen molar-refractivity contribution in [2.24, 2.45) is 0 Å². The summed E-state index contributed by atoms with van der Waals surface area (Å²) in [6, 6.07) is 9.63. The van der Waals surface area contributed by atoms with Crippen LogP contribution in [-0.2, 0) is 11.4 Å². The van der Waals surface area contributed by atoms with Gasteiger partial charge in [-0.2, -0.15) is 4.98 Å². The fourth-order valence-corrected chi connectivity index (χ4v) is 2.39. The summed E-state index contributed by atoms with van der Waals surface area (Å²) in [4.78, 5) is 19.7. The number of unbranched alkanes of at least 4 members (excludes halogenated alkanes) is 1. The van der Waals surface area contributed by atoms with E-state index >= 15 is 0 Å². The second kappa shape index (κ2) is 10.4. The Morgan fingerprint density at radius 3 is 2.73 bits per heavy atom. The smallest absolute Gasteiger partial charge is 0.231 e. The van der Waals surface area contributed by atoms with Gasteiger partial charge in [0.25, 0.3) is 0 Å². The van der Waals surface area contributed by atoms with E-state index in [1.807, 2.05) is 30.3 Å². The van der Waals surface area contributed by atoms with Crippen molar-refractivity contribution < 1.29 is 14.6 Å². The number of ether oxygens (including phenoxy) is 1. The Labute approximate surface area is 153 Å². The normalized spacial score (nSPS) is 11.7. The van der Waals surface area contributed by atoms with E-state index in [0.717, 1.165) is 24.8 Å². The van der Waals surface area contributed by atoms with Gasteiger partial charge in [0.1, 0.15) is 6.61 Å². The van der Waals surface area contributed by atoms with Gasteiger partial charge >= 0.3 is 0 Å². The highest BCUT2D eigenvalue weighted by Gasteiger charge is 2.14. The van der Waals surface area contributed by atoms with Crippen molar-refractivity contribution >= 4 is 17.7 Å². The molecule has 0 aliphatic carbocycles. The van der Waals surface area contributed by atoms with Crippen molar-refractivity contribution in [3.8, 4) is 5.75 Å². The maximum atomic E-state index is 11.3. The van der Waals surface area contributed by atoms with Crippen molar-refractivity contribution in [2.75, 3.05) is 17.2 Å². The molecule has 1 amide bonds. The lowest BCUT2D eigenvalue weighted by Crippen LogP contribution is -2.25. The van der Waals surface area contributed by atoms with Gasteiger partial charge in [-0.15, -0.1) is 0 Å². The first-order valence-electron chi connectivity index (χ1n) is 8.81. The van der Waals surface area contributed by atoms with Gasteiger partial charge in [-0.25, -0.2) is 4.98 Å². The van der Waals surface area contributed by atoms with Gasteiger partial charge in [-0.3, -0.25) is 10.1 Å². The number of hydrogen-bond donors (Lipinski definition) is 3. The minimum Gasteiger partial charge on any atom is -0.483 e. The van der Waals surface area contributed by atoms with Crippen LogP contribution < -0.4 is 15.4 Å². The van der Waals surface area contributed by atoms with Crippen molar-refractivity contribution in [3.63, 3.8) is 0 Å². The summed E-state index contributed by atoms with van der Waals surface area (Å²) in [5, 5.41) is 15.4. The molecule has 3 N–H and O–H groups in total. The predicted octanol–water partition coefficient (Wildman–Crippen LogP) is 2.98. The molecule has 1 heterocycles. The SMILES string of the molecule is CCCC[C@@H](CO)Nc1nc(NC(C)=O)ncc1OCc1ccccc1. The highest BCUT2D eigenvalue weighted by Crippen LogP contribution is 2.25. The van der Waals surface area contributed by atoms with Gasteiger partial charge in [-0.1, -0.05) is 50.1 Å². The number of aliphatic hydroxyl groups excluding tert-OH is 1. The molecule has 0 spiro atoms. The molecule has 1 aromatic carbocycles. The van der Waals surface area contributed by atoms with Crippen LogP contribution in [0.4, 0.5) is 11.8 Å². The van der Waals surface area contributed by atoms with Crippen molar-refractivity contribution in [1.82, 2.24) is 9.97 Å². The highest BCUT2D eigenvalue weighted by atomic mass is 16.5. The standard InChI is InChI=1S/C19H26N4O3/c1-3-4-10-16(12-24)22-18-17(11-20-19(23-18)21-14(2)25)26-13-15-8-6-5-7-9-15/h5-9,11,16,24H,3-4,10,12-13H2,1-2H3,(H2,20,21,22,23,25)/t16-/m0/s1. The monoisotopic (exact) mass is 358 g/mol. The van der Waals surface area contributed by atoms with Crippen LogP contribution in [-0.4, -0.2) is 33.6 Å². The van der Waals surface area contributed by atoms with E-state index in [-0.39, 0.29) is 24.5 Å². The van der Waals surface area contributed by atoms with Gasteiger partial charge in [-0.05, 0) is 12.0 Å². The van der Waals surface area contributed by atoms with Crippen LogP contribution in [0.3, 0.4) is 0 Å². The summed E-state index contributed by atoms with van der Waals surface area (Å²) < 4.78 is 5.85. The van der Waals surface area contributed by atoms with E-state index in [1.54, 1.807) is 0 Å². The van der Waals surface area contributed by atoms with Crippen LogP contribution in [0, 0.1) is 0 Å². The molecule has 7 nitrogen and oxygen atoms in total. The molecule has 1 aromatic heterocycles. The van der Waals surface area contributed by atoms with Gasteiger partial charge in [0.2, 0.25) is 11.9 Å². The Morgan fingerprint density at radius 2 is 2.08 bits per heavy atom. The molecule has 2 rings (SSSR count). The number of carbonyl (C=O) groups is 1. The molecule has 1 atom stereocenters. The maximum Gasteiger partial charge on any atom is 0.231 e. The number of hydrogen-bond acceptors (Lipinski definition) is 6. The first kappa shape index (κ1) is 19.7. The molecular weight excluding hydrogens is 332 g/mol. The quantitative estimate of drug-likeness (QED) is 0.604. The average molecular weight is 358 g/mol. The van der Waals surface area contributed by atoms with Crippen LogP contribution in [0.15, 0.2) is 36.5 Å². The van der Waals surface area contributed by atoms with Crippen molar-refractivity contribution in [1.29, 1.82) is 0 Å². The Morgan fingerprint density at radius 1 is 1.31 bits per heavy atom. The van der Waals surface area contributed by atoms with Crippen LogP contribution in [0.2, 0.25) is 0 Å². The Hall–Kier alpha value is -2.67. The van der Waals surface area contributed by atoms with E-state index < -0.39 is 0 Å². The van der Waals surface area contributed by atoms with Gasteiger partial charge in [0, 0.05) is 6.92 Å². The maximum absolute atomic E-state index is 11.3. The molecule has 0 unspecified atom stereocenters. The zero-order valence-corrected chi connectivity index (χ0v) is 15.2. The third kappa shape index (κ3) is 6.33. The number of anilines is 2. The largest absolute Gasteiger partial charge is 0.483 e. The minimum absolute atomic E-state index is 0.0163. The van der Waals surface area contributed by atoms with Gasteiger partial charge in [0.15, 0.2) is 11.6 Å². The van der Waals surface area contributed by atoms with Crippen LogP contribution >= 0.6 is 0 Å². The molecule has 0 saturated heterocycles. The summed E-state index contributed by atoms with van der Waals surface area (Å²) in [5.74, 6) is 0.866. The third-order valence-electron chi connectivity index (χ3n) is 3.75. The number of benzene rings is 1. The lowest BCUT2D eigenvalue weighted by molar-refractivity contribution is -0.114. The first-order valence-corrected chi connectivity index (χ1v) is 8.81. The second-order valence-electron chi connectivity index (χ2n) is 6.03. The van der Waals surface area contributed by atoms with Crippen LogP contribution in [0.1, 0.15) is 38.7 Å². The summed E-state index contributed by atoms with van der Waals surface area (Å²) in [6.45, 7) is 3.85. The molecule has 0 bridgehead atoms. The van der Waals surface area contributed by atoms with E-state index in [2.05, 4.69) is 27.5 Å². The minimum atomic E-state index is -0.251. The fraction of sp³-hybridized carbons (Fsp3) is 0.421. The third-order valence-corrected chi connectivity index (χ3v) is 3.75. The number of aliphatic hydroxyl groups is 1. The molecule has 2 aromatic rings. The molecule has 0 saturated carbocycles. The Bertz CT molecular complexity index is 694. The molecule has 7 heteroatoms. The molecule has 0 aliphatic rings. The molecule has 0 radical (unpaired) electrons. The van der Waals surface area contributed by atoms with E-state index in [4.69, 9.17) is 4.74 Å². The molecule has 0 fully saturated rings. The Balaban J connectivity index is 2.17. The van der Waals surface area contributed by atoms with Crippen LogP contribution in [0.25, 0.3) is 0 Å². The lowest BCUT2D eigenvalue weighted by atomic mass is 10.1. The number of carbonyl (C=O) groups excluding carboxylic acids is 1. The number of amides is 1. The summed E-state index contributed by atoms with van der Waals surface area (Å²) in [5.41, 5.74) is 1.02. The van der Waals surface area contributed by atoms with Gasteiger partial charge in [0.05, 0.1) is 18.8 Å². The average Bonchev–Trinajstić information content (AvgIpc) is 2.64. The van der Waals surface area contributed by atoms with E-state index in [1.165, 1.54) is 13.1 Å². The van der Waals surface area contributed by atoms with Crippen molar-refractivity contribution in [2.45, 2.75) is 45.8 Å². The van der Waals surface area contributed by atoms with Crippen LogP contribution in [0.5, 0.6) is 5.75 Å². The summed E-state index contributed by atoms with van der Waals surface area (Å²) in [7, 11) is 0. The number of nitrogens with one attached hydrogen (secondary N) is 2. The molecular formula is C19H26N4O3. The lowest BCUT2D eigenvalue weighted by Gasteiger charge is -2.19. The number of aromatic nitrogens is 2. The number of rotatable bonds is 10. The number of nitrogens with zero attached hydrogens (tertiary/aromatic N) is 2. The zero-order chi connectivity index (χ0) is 18.8. The summed E-state index contributed by atoms with van der Waals surface area (Å²) in [6.07, 6.45) is 4.36. The second-order valence-corrected chi connectivity index (χ2v) is 6.03. The predicted molar refractivity (Wildman–Crippen MR) is 101 cm³/mol.